The van der Waals surface area contributed by atoms with Gasteiger partial charge in [-0.25, -0.2) is 4.98 Å². The molecule has 0 aliphatic rings. The highest BCUT2D eigenvalue weighted by Crippen LogP contribution is 2.21. The molecule has 0 unspecified atom stereocenters. The van der Waals surface area contributed by atoms with Crippen LogP contribution in [0.15, 0.2) is 28.2 Å². The Labute approximate surface area is 166 Å². The highest BCUT2D eigenvalue weighted by Gasteiger charge is 2.15. The van der Waals surface area contributed by atoms with Gasteiger partial charge in [0.1, 0.15) is 0 Å². The Kier molecular flexibility index (Phi) is 7.67. The number of hydrogen-bond donors (Lipinski definition) is 2. The zero-order chi connectivity index (χ0) is 20.0. The number of nitrogens with zero attached hydrogens (tertiary/aromatic N) is 2. The Morgan fingerprint density at radius 2 is 2.00 bits per heavy atom. The van der Waals surface area contributed by atoms with Crippen molar-refractivity contribution in [3.8, 4) is 0 Å². The molecule has 2 N–H and O–H groups in total. The minimum absolute atomic E-state index is 0.0586. The summed E-state index contributed by atoms with van der Waals surface area (Å²) < 4.78 is 1.57. The lowest BCUT2D eigenvalue weighted by Gasteiger charge is -2.15. The molecule has 0 radical (unpaired) electrons. The third-order valence-corrected chi connectivity index (χ3v) is 4.79. The summed E-state index contributed by atoms with van der Waals surface area (Å²) in [6, 6.07) is 4.98. The third kappa shape index (κ3) is 5.97. The van der Waals surface area contributed by atoms with Crippen LogP contribution in [-0.2, 0) is 16.1 Å². The fourth-order valence-corrected chi connectivity index (χ4v) is 3.44. The molecule has 0 saturated carbocycles. The first-order chi connectivity index (χ1) is 12.8. The number of amides is 2. The molecule has 0 saturated heterocycles. The van der Waals surface area contributed by atoms with Crippen LogP contribution in [0.5, 0.6) is 0 Å². The van der Waals surface area contributed by atoms with Gasteiger partial charge in [0.25, 0.3) is 5.56 Å². The summed E-state index contributed by atoms with van der Waals surface area (Å²) in [7, 11) is 0. The summed E-state index contributed by atoms with van der Waals surface area (Å²) in [6.07, 6.45) is 0. The number of benzene rings is 1. The smallest absolute Gasteiger partial charge is 0.262 e. The molecule has 2 amide bonds. The van der Waals surface area contributed by atoms with Crippen LogP contribution in [-0.4, -0.2) is 40.2 Å². The number of nitrogens with one attached hydrogen (secondary N) is 2. The first kappa shape index (κ1) is 21.2. The maximum absolute atomic E-state index is 12.9. The second-order valence-electron chi connectivity index (χ2n) is 6.38. The van der Waals surface area contributed by atoms with E-state index in [1.54, 1.807) is 22.8 Å². The Bertz CT molecular complexity index is 898. The van der Waals surface area contributed by atoms with Gasteiger partial charge in [-0.3, -0.25) is 19.0 Å². The summed E-state index contributed by atoms with van der Waals surface area (Å²) >= 11 is 7.18. The van der Waals surface area contributed by atoms with Crippen LogP contribution < -0.4 is 16.2 Å². The van der Waals surface area contributed by atoms with Crippen LogP contribution in [0.25, 0.3) is 10.9 Å². The molecule has 146 valence electrons. The second kappa shape index (κ2) is 9.75. The molecule has 1 aromatic heterocycles. The van der Waals surface area contributed by atoms with Gasteiger partial charge >= 0.3 is 0 Å². The third-order valence-electron chi connectivity index (χ3n) is 3.58. The number of halogens is 1. The van der Waals surface area contributed by atoms with Crippen molar-refractivity contribution >= 4 is 46.1 Å². The minimum atomic E-state index is -0.298. The van der Waals surface area contributed by atoms with Crippen LogP contribution in [0, 0.1) is 5.92 Å². The molecule has 0 aliphatic carbocycles. The average Bonchev–Trinajstić information content (AvgIpc) is 2.61. The van der Waals surface area contributed by atoms with Crippen molar-refractivity contribution in [3.63, 3.8) is 0 Å². The van der Waals surface area contributed by atoms with E-state index in [1.807, 2.05) is 20.8 Å². The van der Waals surface area contributed by atoms with Crippen molar-refractivity contribution in [2.75, 3.05) is 18.8 Å². The lowest BCUT2D eigenvalue weighted by atomic mass is 10.2. The molecule has 0 fully saturated rings. The number of aromatic nitrogens is 2. The summed E-state index contributed by atoms with van der Waals surface area (Å²) in [5, 5.41) is 6.56. The van der Waals surface area contributed by atoms with Crippen molar-refractivity contribution in [2.45, 2.75) is 32.5 Å². The van der Waals surface area contributed by atoms with E-state index in [0.29, 0.717) is 34.2 Å². The number of likely N-dealkylation sites (N-methyl/N-ethyl adjacent to an activating group) is 1. The van der Waals surface area contributed by atoms with Gasteiger partial charge in [-0.05, 0) is 31.0 Å². The molecule has 2 rings (SSSR count). The monoisotopic (exact) mass is 410 g/mol. The molecule has 27 heavy (non-hydrogen) atoms. The molecule has 0 atom stereocenters. The Morgan fingerprint density at radius 3 is 2.67 bits per heavy atom. The SMILES string of the molecule is CCNC(=O)CNC(=O)CSc1nc2ccc(Cl)cc2c(=O)n1CC(C)C. The summed E-state index contributed by atoms with van der Waals surface area (Å²) in [4.78, 5) is 40.8. The molecule has 2 aromatic rings. The van der Waals surface area contributed by atoms with Gasteiger partial charge in [0, 0.05) is 18.1 Å². The van der Waals surface area contributed by atoms with E-state index in [2.05, 4.69) is 15.6 Å². The Balaban J connectivity index is 2.20. The van der Waals surface area contributed by atoms with Crippen molar-refractivity contribution < 1.29 is 9.59 Å². The maximum Gasteiger partial charge on any atom is 0.262 e. The molecule has 1 heterocycles. The van der Waals surface area contributed by atoms with Gasteiger partial charge in [0.2, 0.25) is 11.8 Å². The van der Waals surface area contributed by atoms with E-state index in [0.717, 1.165) is 0 Å². The number of thioether (sulfide) groups is 1. The van der Waals surface area contributed by atoms with Gasteiger partial charge < -0.3 is 10.6 Å². The first-order valence-electron chi connectivity index (χ1n) is 8.68. The first-order valence-corrected chi connectivity index (χ1v) is 10.0. The van der Waals surface area contributed by atoms with E-state index in [4.69, 9.17) is 11.6 Å². The summed E-state index contributed by atoms with van der Waals surface area (Å²) in [6.45, 7) is 6.73. The quantitative estimate of drug-likeness (QED) is 0.513. The van der Waals surface area contributed by atoms with E-state index < -0.39 is 0 Å². The van der Waals surface area contributed by atoms with Gasteiger partial charge in [-0.15, -0.1) is 0 Å². The molecule has 9 heteroatoms. The molecule has 0 spiro atoms. The average molecular weight is 411 g/mol. The fourth-order valence-electron chi connectivity index (χ4n) is 2.43. The van der Waals surface area contributed by atoms with E-state index in [-0.39, 0.29) is 35.6 Å². The fraction of sp³-hybridized carbons (Fsp3) is 0.444. The topological polar surface area (TPSA) is 93.1 Å². The number of fused-ring (bicyclic) bond motifs is 1. The highest BCUT2D eigenvalue weighted by atomic mass is 35.5. The molecular weight excluding hydrogens is 388 g/mol. The van der Waals surface area contributed by atoms with Crippen LogP contribution in [0.4, 0.5) is 0 Å². The van der Waals surface area contributed by atoms with Gasteiger partial charge in [0.15, 0.2) is 5.16 Å². The van der Waals surface area contributed by atoms with Crippen LogP contribution >= 0.6 is 23.4 Å². The molecule has 0 aliphatic heterocycles. The van der Waals surface area contributed by atoms with E-state index >= 15 is 0 Å². The molecule has 7 nitrogen and oxygen atoms in total. The highest BCUT2D eigenvalue weighted by molar-refractivity contribution is 7.99. The lowest BCUT2D eigenvalue weighted by Crippen LogP contribution is -2.37. The maximum atomic E-state index is 12.9. The van der Waals surface area contributed by atoms with Crippen molar-refractivity contribution in [3.05, 3.63) is 33.6 Å². The molecular formula is C18H23ClN4O3S. The second-order valence-corrected chi connectivity index (χ2v) is 7.76. The standard InChI is InChI=1S/C18H23ClN4O3S/c1-4-20-15(24)8-21-16(25)10-27-18-22-14-6-5-12(19)7-13(14)17(26)23(18)9-11(2)3/h5-7,11H,4,8-10H2,1-3H3,(H,20,24)(H,21,25). The number of rotatable bonds is 8. The van der Waals surface area contributed by atoms with E-state index in [1.165, 1.54) is 11.8 Å². The van der Waals surface area contributed by atoms with Gasteiger partial charge in [-0.2, -0.15) is 0 Å². The van der Waals surface area contributed by atoms with Gasteiger partial charge in [0.05, 0.1) is 23.2 Å². The van der Waals surface area contributed by atoms with Crippen molar-refractivity contribution in [1.29, 1.82) is 0 Å². The van der Waals surface area contributed by atoms with Crippen molar-refractivity contribution in [2.24, 2.45) is 5.92 Å². The van der Waals surface area contributed by atoms with Crippen molar-refractivity contribution in [1.82, 2.24) is 20.2 Å². The zero-order valence-corrected chi connectivity index (χ0v) is 17.1. The van der Waals surface area contributed by atoms with Crippen LogP contribution in [0.2, 0.25) is 5.02 Å². The Hall–Kier alpha value is -2.06. The number of carbonyl (C=O) groups excluding carboxylic acids is 2. The van der Waals surface area contributed by atoms with E-state index in [9.17, 15) is 14.4 Å². The Morgan fingerprint density at radius 1 is 1.26 bits per heavy atom. The molecule has 1 aromatic carbocycles. The van der Waals surface area contributed by atoms with Gasteiger partial charge in [-0.1, -0.05) is 37.2 Å². The number of hydrogen-bond acceptors (Lipinski definition) is 5. The number of carbonyl (C=O) groups is 2. The van der Waals surface area contributed by atoms with Crippen LogP contribution in [0.1, 0.15) is 20.8 Å². The normalized spacial score (nSPS) is 11.0. The largest absolute Gasteiger partial charge is 0.355 e. The van der Waals surface area contributed by atoms with Crippen LogP contribution in [0.3, 0.4) is 0 Å². The minimum Gasteiger partial charge on any atom is -0.355 e. The molecule has 0 bridgehead atoms. The summed E-state index contributed by atoms with van der Waals surface area (Å²) in [5.74, 6) is -0.253. The zero-order valence-electron chi connectivity index (χ0n) is 15.5. The predicted molar refractivity (Wildman–Crippen MR) is 108 cm³/mol. The summed E-state index contributed by atoms with van der Waals surface area (Å²) in [5.41, 5.74) is 0.357. The predicted octanol–water partition coefficient (Wildman–Crippen LogP) is 2.05. The lowest BCUT2D eigenvalue weighted by molar-refractivity contribution is -0.124.